The molecular formula is C14H16FN5O4. The van der Waals surface area contributed by atoms with Crippen molar-refractivity contribution in [3.63, 3.8) is 0 Å². The molecule has 2 unspecified atom stereocenters. The molecule has 24 heavy (non-hydrogen) atoms. The predicted molar refractivity (Wildman–Crippen MR) is 81.4 cm³/mol. The van der Waals surface area contributed by atoms with Gasteiger partial charge in [0.2, 0.25) is 11.6 Å². The number of anilines is 1. The largest absolute Gasteiger partial charge is 0.391 e. The summed E-state index contributed by atoms with van der Waals surface area (Å²) in [6.07, 6.45) is -4.36. The Balaban J connectivity index is 2.20. The van der Waals surface area contributed by atoms with Crippen molar-refractivity contribution in [1.29, 1.82) is 0 Å². The maximum atomic E-state index is 15.4. The molecule has 0 bridgehead atoms. The number of alkyl halides is 1. The molecule has 3 heterocycles. The van der Waals surface area contributed by atoms with Crippen molar-refractivity contribution >= 4 is 17.1 Å². The highest BCUT2D eigenvalue weighted by molar-refractivity contribution is 5.70. The molecule has 1 fully saturated rings. The molecule has 9 nitrogen and oxygen atoms in total. The number of imidazole rings is 1. The van der Waals surface area contributed by atoms with Gasteiger partial charge in [-0.15, -0.1) is 5.92 Å². The minimum Gasteiger partial charge on any atom is -0.391 e. The second kappa shape index (κ2) is 5.55. The van der Waals surface area contributed by atoms with Gasteiger partial charge in [-0.2, -0.15) is 4.98 Å². The van der Waals surface area contributed by atoms with Gasteiger partial charge in [0.05, 0.1) is 12.4 Å². The summed E-state index contributed by atoms with van der Waals surface area (Å²) >= 11 is 0. The first-order chi connectivity index (χ1) is 11.3. The summed E-state index contributed by atoms with van der Waals surface area (Å²) in [6, 6.07) is 0. The second-order valence-electron chi connectivity index (χ2n) is 5.56. The molecule has 2 aromatic heterocycles. The highest BCUT2D eigenvalue weighted by Gasteiger charge is 2.59. The van der Waals surface area contributed by atoms with Crippen molar-refractivity contribution in [3.05, 3.63) is 16.7 Å². The molecular weight excluding hydrogens is 321 g/mol. The van der Waals surface area contributed by atoms with Crippen LogP contribution in [0.3, 0.4) is 0 Å². The number of halogens is 1. The Hall–Kier alpha value is -2.48. The highest BCUT2D eigenvalue weighted by Crippen LogP contribution is 2.43. The molecule has 0 saturated carbocycles. The van der Waals surface area contributed by atoms with Gasteiger partial charge in [-0.3, -0.25) is 14.3 Å². The fourth-order valence-electron chi connectivity index (χ4n) is 2.79. The number of H-pyrrole nitrogens is 1. The lowest BCUT2D eigenvalue weighted by molar-refractivity contribution is -0.0776. The molecule has 0 aromatic carbocycles. The minimum absolute atomic E-state index is 0.0142. The lowest BCUT2D eigenvalue weighted by Gasteiger charge is -2.23. The van der Waals surface area contributed by atoms with E-state index in [0.29, 0.717) is 0 Å². The zero-order valence-corrected chi connectivity index (χ0v) is 12.9. The van der Waals surface area contributed by atoms with Crippen molar-refractivity contribution in [2.24, 2.45) is 0 Å². The van der Waals surface area contributed by atoms with E-state index >= 15 is 4.39 Å². The van der Waals surface area contributed by atoms with Gasteiger partial charge in [0, 0.05) is 0 Å². The van der Waals surface area contributed by atoms with Gasteiger partial charge < -0.3 is 20.7 Å². The number of fused-ring (bicyclic) bond motifs is 1. The Bertz CT molecular complexity index is 898. The van der Waals surface area contributed by atoms with E-state index in [4.69, 9.17) is 10.5 Å². The highest BCUT2D eigenvalue weighted by atomic mass is 19.1. The molecule has 0 radical (unpaired) electrons. The standard InChI is InChI=1S/C14H16FN5O4/c1-3-4-14(15)9(22)8(6(2)21)24-12(14)20-5-17-7-10(20)18-13(16)19-11(7)23/h5-6,8-9,12,21-22H,1-2H3,(H3,16,18,19,23)/t6-,8-,9?,12-,14?/m1/s1. The van der Waals surface area contributed by atoms with Gasteiger partial charge in [-0.05, 0) is 13.8 Å². The molecule has 0 spiro atoms. The Morgan fingerprint density at radius 2 is 2.33 bits per heavy atom. The molecule has 10 heteroatoms. The third-order valence-electron chi connectivity index (χ3n) is 3.88. The number of hydrogen-bond acceptors (Lipinski definition) is 7. The number of aliphatic hydroxyl groups excluding tert-OH is 2. The van der Waals surface area contributed by atoms with E-state index in [1.54, 1.807) is 0 Å². The number of nitrogen functional groups attached to an aromatic ring is 1. The van der Waals surface area contributed by atoms with E-state index in [9.17, 15) is 15.0 Å². The summed E-state index contributed by atoms with van der Waals surface area (Å²) in [5.41, 5.74) is 2.33. The van der Waals surface area contributed by atoms with Crippen molar-refractivity contribution in [1.82, 2.24) is 19.5 Å². The number of ether oxygens (including phenoxy) is 1. The van der Waals surface area contributed by atoms with Crippen LogP contribution >= 0.6 is 0 Å². The van der Waals surface area contributed by atoms with Crippen LogP contribution in [0.2, 0.25) is 0 Å². The van der Waals surface area contributed by atoms with Crippen LogP contribution in [0.15, 0.2) is 11.1 Å². The summed E-state index contributed by atoms with van der Waals surface area (Å²) in [6.45, 7) is 2.77. The van der Waals surface area contributed by atoms with Crippen LogP contribution in [0.1, 0.15) is 20.1 Å². The number of hydrogen-bond donors (Lipinski definition) is 4. The van der Waals surface area contributed by atoms with E-state index in [1.807, 2.05) is 0 Å². The summed E-state index contributed by atoms with van der Waals surface area (Å²) in [5.74, 6) is 4.53. The van der Waals surface area contributed by atoms with E-state index in [-0.39, 0.29) is 17.1 Å². The number of aromatic nitrogens is 4. The Morgan fingerprint density at radius 3 is 2.96 bits per heavy atom. The Labute approximate surface area is 135 Å². The van der Waals surface area contributed by atoms with Crippen LogP contribution in [-0.2, 0) is 4.74 Å². The van der Waals surface area contributed by atoms with Crippen molar-refractivity contribution in [3.8, 4) is 11.8 Å². The van der Waals surface area contributed by atoms with E-state index in [1.165, 1.54) is 13.8 Å². The van der Waals surface area contributed by atoms with Gasteiger partial charge in [0.1, 0.15) is 12.2 Å². The molecule has 1 aliphatic heterocycles. The lowest BCUT2D eigenvalue weighted by atomic mass is 9.94. The number of rotatable bonds is 2. The maximum absolute atomic E-state index is 15.4. The van der Waals surface area contributed by atoms with Gasteiger partial charge in [-0.25, -0.2) is 9.37 Å². The Kier molecular flexibility index (Phi) is 3.79. The van der Waals surface area contributed by atoms with E-state index in [0.717, 1.165) is 10.9 Å². The number of nitrogens with zero attached hydrogens (tertiary/aromatic N) is 3. The summed E-state index contributed by atoms with van der Waals surface area (Å²) in [4.78, 5) is 22.0. The fourth-order valence-corrected chi connectivity index (χ4v) is 2.79. The monoisotopic (exact) mass is 337 g/mol. The van der Waals surface area contributed by atoms with Gasteiger partial charge in [0.25, 0.3) is 5.56 Å². The molecule has 2 aromatic rings. The van der Waals surface area contributed by atoms with Crippen molar-refractivity contribution < 1.29 is 19.3 Å². The zero-order chi connectivity index (χ0) is 17.6. The van der Waals surface area contributed by atoms with Crippen molar-refractivity contribution in [2.45, 2.75) is 44.1 Å². The quantitative estimate of drug-likeness (QED) is 0.519. The molecule has 5 atom stereocenters. The first kappa shape index (κ1) is 16.4. The average Bonchev–Trinajstić information content (AvgIpc) is 3.00. The number of aromatic amines is 1. The predicted octanol–water partition coefficient (Wildman–Crippen LogP) is -0.928. The number of aliphatic hydroxyl groups is 2. The third kappa shape index (κ3) is 2.25. The minimum atomic E-state index is -2.52. The smallest absolute Gasteiger partial charge is 0.280 e. The van der Waals surface area contributed by atoms with Gasteiger partial charge in [-0.1, -0.05) is 5.92 Å². The molecule has 1 aliphatic rings. The average molecular weight is 337 g/mol. The molecule has 0 amide bonds. The number of nitrogens with two attached hydrogens (primary N) is 1. The molecule has 0 aliphatic carbocycles. The van der Waals surface area contributed by atoms with Crippen LogP contribution in [0.5, 0.6) is 0 Å². The van der Waals surface area contributed by atoms with Crippen LogP contribution < -0.4 is 11.3 Å². The van der Waals surface area contributed by atoms with Crippen LogP contribution in [-0.4, -0.2) is 53.7 Å². The maximum Gasteiger partial charge on any atom is 0.280 e. The molecule has 128 valence electrons. The normalized spacial score (nSPS) is 31.0. The molecule has 5 N–H and O–H groups in total. The summed E-state index contributed by atoms with van der Waals surface area (Å²) in [5, 5.41) is 20.0. The summed E-state index contributed by atoms with van der Waals surface area (Å²) < 4.78 is 22.0. The first-order valence-corrected chi connectivity index (χ1v) is 7.16. The molecule has 3 rings (SSSR count). The third-order valence-corrected chi connectivity index (χ3v) is 3.88. The summed E-state index contributed by atoms with van der Waals surface area (Å²) in [7, 11) is 0. The SMILES string of the molecule is CC#CC1(F)C(O)[C@@H]([C@@H](C)O)O[C@H]1n1cnc2c(=O)[nH]c(N)nc21. The Morgan fingerprint density at radius 1 is 1.62 bits per heavy atom. The van der Waals surface area contributed by atoms with Gasteiger partial charge in [0.15, 0.2) is 17.4 Å². The van der Waals surface area contributed by atoms with Gasteiger partial charge >= 0.3 is 0 Å². The number of nitrogens with one attached hydrogen (secondary N) is 1. The fraction of sp³-hybridized carbons (Fsp3) is 0.500. The molecule has 1 saturated heterocycles. The zero-order valence-electron chi connectivity index (χ0n) is 12.9. The van der Waals surface area contributed by atoms with Crippen LogP contribution in [0.25, 0.3) is 11.2 Å². The van der Waals surface area contributed by atoms with Crippen molar-refractivity contribution in [2.75, 3.05) is 5.73 Å². The van der Waals surface area contributed by atoms with Crippen LogP contribution in [0, 0.1) is 11.8 Å². The van der Waals surface area contributed by atoms with E-state index in [2.05, 4.69) is 26.8 Å². The topological polar surface area (TPSA) is 139 Å². The van der Waals surface area contributed by atoms with Crippen LogP contribution in [0.4, 0.5) is 10.3 Å². The lowest BCUT2D eigenvalue weighted by Crippen LogP contribution is -2.44. The second-order valence-corrected chi connectivity index (χ2v) is 5.56. The van der Waals surface area contributed by atoms with E-state index < -0.39 is 35.8 Å². The first-order valence-electron chi connectivity index (χ1n) is 7.16.